The molecule has 55 heavy (non-hydrogen) atoms. The average Bonchev–Trinajstić information content (AvgIpc) is 2.93. The van der Waals surface area contributed by atoms with E-state index in [0.717, 1.165) is 0 Å². The maximum absolute atomic E-state index is 10.6. The Hall–Kier alpha value is -1.70. The van der Waals surface area contributed by atoms with Crippen molar-refractivity contribution in [3.63, 3.8) is 0 Å². The van der Waals surface area contributed by atoms with Crippen molar-refractivity contribution in [1.82, 2.24) is 16.0 Å². The molecule has 0 aliphatic rings. The molecule has 0 heterocycles. The van der Waals surface area contributed by atoms with E-state index in [0.29, 0.717) is 0 Å². The van der Waals surface area contributed by atoms with Crippen LogP contribution < -0.4 is 16.0 Å². The van der Waals surface area contributed by atoms with Crippen LogP contribution in [0.3, 0.4) is 0 Å². The second-order valence-corrected chi connectivity index (χ2v) is 9.43. The van der Waals surface area contributed by atoms with Crippen LogP contribution in [0.1, 0.15) is 38.5 Å². The summed E-state index contributed by atoms with van der Waals surface area (Å²) < 4.78 is 0. The average molecular weight is 1300 g/mol. The predicted molar refractivity (Wildman–Crippen MR) is 151 cm³/mol. The number of nitrogens with one attached hydrogen (secondary N) is 3. The molecule has 0 aliphatic heterocycles. The summed E-state index contributed by atoms with van der Waals surface area (Å²) in [6.07, 6.45) is -5.09. The molecule has 15 N–H and O–H groups in total. The van der Waals surface area contributed by atoms with E-state index in [1.54, 1.807) is 0 Å². The van der Waals surface area contributed by atoms with Crippen molar-refractivity contribution in [2.24, 2.45) is 0 Å². The Kier molecular flexibility index (Phi) is 45.3. The number of carboxylic acids is 12. The third-order valence-corrected chi connectivity index (χ3v) is 5.27. The number of aliphatic carboxylic acids is 12. The van der Waals surface area contributed by atoms with Crippen LogP contribution in [0.2, 0.25) is 0 Å². The Bertz CT molecular complexity index is 1100. The summed E-state index contributed by atoms with van der Waals surface area (Å²) in [5, 5.41) is 108. The molecular formula is C24H33La4N3O24. The van der Waals surface area contributed by atoms with E-state index in [9.17, 15) is 57.5 Å². The van der Waals surface area contributed by atoms with Crippen LogP contribution in [-0.4, -0.2) is 169 Å². The summed E-state index contributed by atoms with van der Waals surface area (Å²) in [4.78, 5) is 126. The Morgan fingerprint density at radius 1 is 0.255 bits per heavy atom. The van der Waals surface area contributed by atoms with E-state index in [1.165, 1.54) is 0 Å². The van der Waals surface area contributed by atoms with Crippen molar-refractivity contribution < 1.29 is 261 Å². The number of hydrogen-bond acceptors (Lipinski definition) is 15. The van der Waals surface area contributed by atoms with Gasteiger partial charge in [-0.25, -0.2) is 0 Å². The van der Waals surface area contributed by atoms with Crippen LogP contribution in [-0.2, 0) is 57.5 Å². The van der Waals surface area contributed by atoms with Gasteiger partial charge in [0.1, 0.15) is 36.3 Å². The Morgan fingerprint density at radius 2 is 0.345 bits per heavy atom. The van der Waals surface area contributed by atoms with Gasteiger partial charge in [-0.2, -0.15) is 0 Å². The fourth-order valence-corrected chi connectivity index (χ4v) is 3.08. The molecule has 0 fully saturated rings. The van der Waals surface area contributed by atoms with Gasteiger partial charge in [0, 0.05) is 142 Å². The Labute approximate surface area is 418 Å². The van der Waals surface area contributed by atoms with Crippen molar-refractivity contribution in [2.45, 2.75) is 74.8 Å². The van der Waals surface area contributed by atoms with E-state index >= 15 is 0 Å². The molecule has 0 aromatic carbocycles. The minimum atomic E-state index is -1.66. The first kappa shape index (κ1) is 68.0. The molecule has 0 bridgehead atoms. The fraction of sp³-hybridized carbons (Fsp3) is 0.500. The number of hydrogen-bond donors (Lipinski definition) is 15. The molecule has 300 valence electrons. The van der Waals surface area contributed by atoms with Crippen LogP contribution >= 0.6 is 0 Å². The van der Waals surface area contributed by atoms with Gasteiger partial charge in [-0.15, -0.1) is 0 Å². The molecule has 0 spiro atoms. The zero-order valence-corrected chi connectivity index (χ0v) is 42.3. The molecule has 6 atom stereocenters. The topological polar surface area (TPSA) is 484 Å². The summed E-state index contributed by atoms with van der Waals surface area (Å²) in [5.74, 6) is -18.0. The van der Waals surface area contributed by atoms with Gasteiger partial charge in [0.05, 0.1) is 38.5 Å². The van der Waals surface area contributed by atoms with Gasteiger partial charge in [-0.05, 0) is 0 Å². The predicted octanol–water partition coefficient (Wildman–Crippen LogP) is -4.70. The van der Waals surface area contributed by atoms with Crippen LogP contribution in [0.5, 0.6) is 0 Å². The van der Waals surface area contributed by atoms with E-state index in [1.807, 2.05) is 16.0 Å². The summed E-state index contributed by atoms with van der Waals surface area (Å²) in [6, 6.07) is -9.96. The van der Waals surface area contributed by atoms with E-state index in [2.05, 4.69) is 0 Å². The SMILES string of the molecule is O=C(O)CC(NC(CC(=O)O)C(=O)O)C(=O)O.O=C(O)CC(NC(CC(=O)O)C(=O)O)C(=O)O.O=C(O)CC(NC(CC(=O)O)C(=O)O)C(=O)O.[La].[La].[La].[La]. The van der Waals surface area contributed by atoms with Crippen molar-refractivity contribution in [3.05, 3.63) is 0 Å². The second kappa shape index (κ2) is 36.6. The molecule has 4 radical (unpaired) electrons. The molecule has 0 amide bonds. The summed E-state index contributed by atoms with van der Waals surface area (Å²) >= 11 is 0. The van der Waals surface area contributed by atoms with Crippen molar-refractivity contribution in [1.29, 1.82) is 0 Å². The van der Waals surface area contributed by atoms with Gasteiger partial charge >= 0.3 is 71.6 Å². The maximum atomic E-state index is 10.6. The second-order valence-electron chi connectivity index (χ2n) is 9.43. The van der Waals surface area contributed by atoms with Gasteiger partial charge in [-0.3, -0.25) is 73.5 Å². The van der Waals surface area contributed by atoms with E-state index in [4.69, 9.17) is 61.3 Å². The molecule has 0 aromatic heterocycles. The van der Waals surface area contributed by atoms with Crippen LogP contribution in [0.15, 0.2) is 0 Å². The van der Waals surface area contributed by atoms with Crippen molar-refractivity contribution in [3.8, 4) is 0 Å². The Balaban J connectivity index is -0.000000121. The van der Waals surface area contributed by atoms with Crippen molar-refractivity contribution >= 4 is 71.6 Å². The minimum absolute atomic E-state index is 0. The van der Waals surface area contributed by atoms with Gasteiger partial charge in [0.15, 0.2) is 0 Å². The molecular weight excluding hydrogens is 1270 g/mol. The molecule has 6 unspecified atom stereocenters. The van der Waals surface area contributed by atoms with Crippen molar-refractivity contribution in [2.75, 3.05) is 0 Å². The molecule has 0 saturated heterocycles. The summed E-state index contributed by atoms with van der Waals surface area (Å²) in [7, 11) is 0. The molecule has 0 saturated carbocycles. The standard InChI is InChI=1S/3C8H11NO8.4La/c3*10-5(11)1-3(7(14)15)9-4(8(16)17)2-6(12)13;;;;/h3*3-4,9H,1-2H2,(H,10,11)(H,12,13)(H,14,15)(H,16,17);;;;. The smallest absolute Gasteiger partial charge is 0.321 e. The number of carboxylic acid groups (broad SMARTS) is 12. The third kappa shape index (κ3) is 38.9. The van der Waals surface area contributed by atoms with Gasteiger partial charge < -0.3 is 61.3 Å². The fourth-order valence-electron chi connectivity index (χ4n) is 3.08. The first-order valence-corrected chi connectivity index (χ1v) is 13.2. The summed E-state index contributed by atoms with van der Waals surface area (Å²) in [5.41, 5.74) is 0. The zero-order valence-electron chi connectivity index (χ0n) is 27.8. The normalized spacial score (nSPS) is 12.7. The molecule has 0 rings (SSSR count). The number of rotatable bonds is 24. The van der Waals surface area contributed by atoms with Crippen LogP contribution in [0, 0.1) is 142 Å². The monoisotopic (exact) mass is 1300 g/mol. The first-order chi connectivity index (χ1) is 23.2. The molecule has 31 heteroatoms. The van der Waals surface area contributed by atoms with Crippen LogP contribution in [0.4, 0.5) is 0 Å². The first-order valence-electron chi connectivity index (χ1n) is 13.2. The van der Waals surface area contributed by atoms with Gasteiger partial charge in [0.25, 0.3) is 0 Å². The quantitative estimate of drug-likeness (QED) is 0.0432. The molecule has 27 nitrogen and oxygen atoms in total. The summed E-state index contributed by atoms with van der Waals surface area (Å²) in [6.45, 7) is 0. The zero-order chi connectivity index (χ0) is 40.8. The minimum Gasteiger partial charge on any atom is -0.481 e. The van der Waals surface area contributed by atoms with Gasteiger partial charge in [-0.1, -0.05) is 0 Å². The van der Waals surface area contributed by atoms with Gasteiger partial charge in [0.2, 0.25) is 0 Å². The van der Waals surface area contributed by atoms with Crippen LogP contribution in [0.25, 0.3) is 0 Å². The van der Waals surface area contributed by atoms with E-state index in [-0.39, 0.29) is 142 Å². The molecule has 0 aliphatic carbocycles. The Morgan fingerprint density at radius 3 is 0.400 bits per heavy atom. The molecule has 0 aromatic rings. The third-order valence-electron chi connectivity index (χ3n) is 5.27. The number of carbonyl (C=O) groups is 12. The van der Waals surface area contributed by atoms with E-state index < -0.39 is 146 Å². The largest absolute Gasteiger partial charge is 0.481 e. The maximum Gasteiger partial charge on any atom is 0.321 e.